The Kier molecular flexibility index (Phi) is 3.89. The Morgan fingerprint density at radius 2 is 2.09 bits per heavy atom. The number of oxazole rings is 1. The summed E-state index contributed by atoms with van der Waals surface area (Å²) >= 11 is 0. The van der Waals surface area contributed by atoms with Gasteiger partial charge in [-0.1, -0.05) is 0 Å². The molecule has 0 unspecified atom stereocenters. The number of carbonyl (C=O) groups is 1. The molecular formula is C17H15NO5. The molecule has 3 rings (SSSR count). The summed E-state index contributed by atoms with van der Waals surface area (Å²) < 4.78 is 15.6. The summed E-state index contributed by atoms with van der Waals surface area (Å²) in [5.41, 5.74) is 1.88. The van der Waals surface area contributed by atoms with E-state index in [1.165, 1.54) is 13.2 Å². The lowest BCUT2D eigenvalue weighted by molar-refractivity contribution is 0.0526. The average Bonchev–Trinajstić information content (AvgIpc) is 2.97. The van der Waals surface area contributed by atoms with Crippen molar-refractivity contribution in [3.05, 3.63) is 42.0 Å². The van der Waals surface area contributed by atoms with E-state index in [1.54, 1.807) is 37.3 Å². The van der Waals surface area contributed by atoms with E-state index in [0.717, 1.165) is 0 Å². The Balaban J connectivity index is 2.01. The predicted molar refractivity (Wildman–Crippen MR) is 83.6 cm³/mol. The van der Waals surface area contributed by atoms with E-state index >= 15 is 0 Å². The Morgan fingerprint density at radius 3 is 2.78 bits per heavy atom. The van der Waals surface area contributed by atoms with Crippen molar-refractivity contribution in [1.29, 1.82) is 0 Å². The molecule has 0 aliphatic rings. The van der Waals surface area contributed by atoms with E-state index < -0.39 is 5.97 Å². The van der Waals surface area contributed by atoms with E-state index in [-0.39, 0.29) is 11.6 Å². The number of phenolic OH excluding ortho intramolecular Hbond substituents is 1. The summed E-state index contributed by atoms with van der Waals surface area (Å²) in [6.07, 6.45) is 0. The lowest BCUT2D eigenvalue weighted by atomic mass is 10.2. The van der Waals surface area contributed by atoms with Crippen molar-refractivity contribution in [2.75, 3.05) is 13.7 Å². The van der Waals surface area contributed by atoms with Gasteiger partial charge in [0.05, 0.1) is 24.8 Å². The van der Waals surface area contributed by atoms with Gasteiger partial charge in [-0.2, -0.15) is 0 Å². The molecule has 2 aromatic carbocycles. The minimum atomic E-state index is -0.411. The van der Waals surface area contributed by atoms with Crippen molar-refractivity contribution < 1.29 is 23.8 Å². The highest BCUT2D eigenvalue weighted by atomic mass is 16.5. The fraction of sp³-hybridized carbons (Fsp3) is 0.176. The Hall–Kier alpha value is -3.02. The molecule has 0 fully saturated rings. The molecule has 0 saturated carbocycles. The summed E-state index contributed by atoms with van der Waals surface area (Å²) in [6.45, 7) is 2.05. The third-order valence-electron chi connectivity index (χ3n) is 3.33. The third kappa shape index (κ3) is 2.83. The Morgan fingerprint density at radius 1 is 1.26 bits per heavy atom. The van der Waals surface area contributed by atoms with Crippen molar-refractivity contribution in [1.82, 2.24) is 4.98 Å². The molecule has 0 saturated heterocycles. The highest BCUT2D eigenvalue weighted by Crippen LogP contribution is 2.33. The van der Waals surface area contributed by atoms with Gasteiger partial charge >= 0.3 is 5.97 Å². The van der Waals surface area contributed by atoms with E-state index in [2.05, 4.69) is 4.98 Å². The minimum Gasteiger partial charge on any atom is -0.507 e. The first-order valence-electron chi connectivity index (χ1n) is 7.07. The maximum Gasteiger partial charge on any atom is 0.338 e. The van der Waals surface area contributed by atoms with Crippen molar-refractivity contribution in [3.63, 3.8) is 0 Å². The number of hydrogen-bond donors (Lipinski definition) is 1. The molecule has 0 aliphatic carbocycles. The highest BCUT2D eigenvalue weighted by Gasteiger charge is 2.15. The van der Waals surface area contributed by atoms with E-state index in [4.69, 9.17) is 13.9 Å². The maximum absolute atomic E-state index is 11.8. The lowest BCUT2D eigenvalue weighted by Crippen LogP contribution is -2.03. The van der Waals surface area contributed by atoms with Gasteiger partial charge in [0.2, 0.25) is 5.89 Å². The van der Waals surface area contributed by atoms with Gasteiger partial charge in [-0.05, 0) is 37.3 Å². The normalized spacial score (nSPS) is 10.7. The molecule has 0 atom stereocenters. The monoisotopic (exact) mass is 313 g/mol. The van der Waals surface area contributed by atoms with Crippen LogP contribution in [0.15, 0.2) is 40.8 Å². The minimum absolute atomic E-state index is 0.00141. The largest absolute Gasteiger partial charge is 0.507 e. The topological polar surface area (TPSA) is 81.8 Å². The van der Waals surface area contributed by atoms with Gasteiger partial charge in [-0.15, -0.1) is 0 Å². The zero-order valence-corrected chi connectivity index (χ0v) is 12.7. The standard InChI is InChI=1S/C17H15NO5/c1-3-22-17(20)10-4-7-15-13(8-10)18-16(23-15)12-6-5-11(21-2)9-14(12)19/h4-9,19H,3H2,1-2H3. The van der Waals surface area contributed by atoms with Crippen LogP contribution in [0.2, 0.25) is 0 Å². The number of benzene rings is 2. The van der Waals surface area contributed by atoms with Gasteiger partial charge in [0.25, 0.3) is 0 Å². The highest BCUT2D eigenvalue weighted by molar-refractivity contribution is 5.93. The Labute approximate surface area is 132 Å². The van der Waals surface area contributed by atoms with Crippen LogP contribution in [0.1, 0.15) is 17.3 Å². The molecule has 0 radical (unpaired) electrons. The SMILES string of the molecule is CCOC(=O)c1ccc2oc(-c3ccc(OC)cc3O)nc2c1. The molecule has 1 N–H and O–H groups in total. The third-order valence-corrected chi connectivity index (χ3v) is 3.33. The molecule has 0 spiro atoms. The first kappa shape index (κ1) is 14.9. The molecule has 0 aliphatic heterocycles. The molecule has 3 aromatic rings. The molecule has 0 amide bonds. The zero-order valence-electron chi connectivity index (χ0n) is 12.7. The number of rotatable bonds is 4. The van der Waals surface area contributed by atoms with Gasteiger partial charge < -0.3 is 19.0 Å². The van der Waals surface area contributed by atoms with Crippen LogP contribution < -0.4 is 4.74 Å². The van der Waals surface area contributed by atoms with Gasteiger partial charge in [0.1, 0.15) is 17.0 Å². The van der Waals surface area contributed by atoms with Gasteiger partial charge in [-0.3, -0.25) is 0 Å². The average molecular weight is 313 g/mol. The van der Waals surface area contributed by atoms with E-state index in [0.29, 0.717) is 34.6 Å². The molecule has 0 bridgehead atoms. The second-order valence-corrected chi connectivity index (χ2v) is 4.81. The van der Waals surface area contributed by atoms with Crippen LogP contribution in [-0.2, 0) is 4.74 Å². The van der Waals surface area contributed by atoms with Crippen molar-refractivity contribution in [2.45, 2.75) is 6.92 Å². The smallest absolute Gasteiger partial charge is 0.338 e. The number of hydrogen-bond acceptors (Lipinski definition) is 6. The summed E-state index contributed by atoms with van der Waals surface area (Å²) in [4.78, 5) is 16.1. The van der Waals surface area contributed by atoms with Gasteiger partial charge in [-0.25, -0.2) is 9.78 Å². The van der Waals surface area contributed by atoms with Crippen LogP contribution >= 0.6 is 0 Å². The molecule has 6 heteroatoms. The van der Waals surface area contributed by atoms with Crippen LogP contribution in [0, 0.1) is 0 Å². The number of phenols is 1. The van der Waals surface area contributed by atoms with Crippen LogP contribution in [0.4, 0.5) is 0 Å². The van der Waals surface area contributed by atoms with Crippen LogP contribution in [0.3, 0.4) is 0 Å². The van der Waals surface area contributed by atoms with Gasteiger partial charge in [0.15, 0.2) is 5.58 Å². The summed E-state index contributed by atoms with van der Waals surface area (Å²) in [5, 5.41) is 10.1. The van der Waals surface area contributed by atoms with Crippen molar-refractivity contribution in [2.24, 2.45) is 0 Å². The molecule has 6 nitrogen and oxygen atoms in total. The Bertz CT molecular complexity index is 869. The number of esters is 1. The van der Waals surface area contributed by atoms with Crippen LogP contribution in [0.5, 0.6) is 11.5 Å². The summed E-state index contributed by atoms with van der Waals surface area (Å²) in [7, 11) is 1.52. The second-order valence-electron chi connectivity index (χ2n) is 4.81. The van der Waals surface area contributed by atoms with Crippen molar-refractivity contribution >= 4 is 17.1 Å². The first-order valence-corrected chi connectivity index (χ1v) is 7.07. The number of aromatic nitrogens is 1. The zero-order chi connectivity index (χ0) is 16.4. The van der Waals surface area contributed by atoms with E-state index in [9.17, 15) is 9.90 Å². The van der Waals surface area contributed by atoms with Gasteiger partial charge in [0, 0.05) is 6.07 Å². The molecule has 118 valence electrons. The molecule has 1 heterocycles. The quantitative estimate of drug-likeness (QED) is 0.744. The second kappa shape index (κ2) is 6.00. The number of ether oxygens (including phenoxy) is 2. The van der Waals surface area contributed by atoms with Crippen molar-refractivity contribution in [3.8, 4) is 23.0 Å². The number of fused-ring (bicyclic) bond motifs is 1. The first-order chi connectivity index (χ1) is 11.1. The number of aromatic hydroxyl groups is 1. The summed E-state index contributed by atoms with van der Waals surface area (Å²) in [6, 6.07) is 9.70. The number of methoxy groups -OCH3 is 1. The summed E-state index contributed by atoms with van der Waals surface area (Å²) in [5.74, 6) is 0.390. The molecule has 23 heavy (non-hydrogen) atoms. The molecular weight excluding hydrogens is 298 g/mol. The lowest BCUT2D eigenvalue weighted by Gasteiger charge is -2.03. The fourth-order valence-corrected chi connectivity index (χ4v) is 2.20. The number of nitrogens with zero attached hydrogens (tertiary/aromatic N) is 1. The number of carbonyl (C=O) groups excluding carboxylic acids is 1. The van der Waals surface area contributed by atoms with E-state index in [1.807, 2.05) is 0 Å². The van der Waals surface area contributed by atoms with Crippen LogP contribution in [-0.4, -0.2) is 29.8 Å². The molecule has 1 aromatic heterocycles. The maximum atomic E-state index is 11.8. The predicted octanol–water partition coefficient (Wildman–Crippen LogP) is 3.39. The fourth-order valence-electron chi connectivity index (χ4n) is 2.20. The van der Waals surface area contributed by atoms with Crippen LogP contribution in [0.25, 0.3) is 22.6 Å².